The molecule has 1 aromatic rings. The van der Waals surface area contributed by atoms with Crippen molar-refractivity contribution in [3.63, 3.8) is 0 Å². The van der Waals surface area contributed by atoms with Crippen molar-refractivity contribution in [3.8, 4) is 0 Å². The highest BCUT2D eigenvalue weighted by atomic mass is 19.1. The van der Waals surface area contributed by atoms with Crippen LogP contribution in [0.25, 0.3) is 0 Å². The van der Waals surface area contributed by atoms with E-state index in [-0.39, 0.29) is 5.91 Å². The van der Waals surface area contributed by atoms with Gasteiger partial charge in [-0.25, -0.2) is 4.39 Å². The van der Waals surface area contributed by atoms with Gasteiger partial charge in [-0.3, -0.25) is 4.79 Å². The number of hydrogen-bond donors (Lipinski definition) is 0. The zero-order valence-corrected chi connectivity index (χ0v) is 14.6. The molecule has 0 unspecified atom stereocenters. The van der Waals surface area contributed by atoms with E-state index >= 15 is 0 Å². The van der Waals surface area contributed by atoms with Crippen molar-refractivity contribution < 1.29 is 23.2 Å². The van der Waals surface area contributed by atoms with E-state index in [0.717, 1.165) is 0 Å². The van der Waals surface area contributed by atoms with Gasteiger partial charge in [-0.05, 0) is 51.4 Å². The summed E-state index contributed by atoms with van der Waals surface area (Å²) < 4.78 is 31.2. The smallest absolute Gasteiger partial charge is 0.399 e. The number of benzene rings is 1. The molecule has 24 heavy (non-hydrogen) atoms. The second-order valence-electron chi connectivity index (χ2n) is 7.27. The molecule has 0 aromatic heterocycles. The number of morpholine rings is 1. The van der Waals surface area contributed by atoms with E-state index in [1.165, 1.54) is 12.1 Å². The molecule has 2 aliphatic heterocycles. The van der Waals surface area contributed by atoms with Gasteiger partial charge < -0.3 is 18.9 Å². The van der Waals surface area contributed by atoms with Crippen LogP contribution in [0.5, 0.6) is 0 Å². The van der Waals surface area contributed by atoms with Gasteiger partial charge in [0.2, 0.25) is 0 Å². The van der Waals surface area contributed by atoms with Gasteiger partial charge in [0.25, 0.3) is 5.91 Å². The minimum atomic E-state index is -0.693. The SMILES string of the molecule is CC1(C)OB(c2cc(F)cc(C(=O)N3CCOCC3)c2)OC1(C)C. The Morgan fingerprint density at radius 2 is 1.67 bits per heavy atom. The van der Waals surface area contributed by atoms with Crippen LogP contribution in [0.1, 0.15) is 38.1 Å². The Balaban J connectivity index is 1.86. The molecule has 0 atom stereocenters. The van der Waals surface area contributed by atoms with Crippen LogP contribution in [-0.4, -0.2) is 55.4 Å². The Morgan fingerprint density at radius 3 is 2.25 bits per heavy atom. The Hall–Kier alpha value is -1.44. The summed E-state index contributed by atoms with van der Waals surface area (Å²) in [5, 5.41) is 0. The molecule has 0 saturated carbocycles. The summed E-state index contributed by atoms with van der Waals surface area (Å²) in [7, 11) is -0.693. The Labute approximate surface area is 142 Å². The van der Waals surface area contributed by atoms with Crippen molar-refractivity contribution in [1.29, 1.82) is 0 Å². The van der Waals surface area contributed by atoms with E-state index < -0.39 is 24.1 Å². The number of carbonyl (C=O) groups is 1. The summed E-state index contributed by atoms with van der Waals surface area (Å²) in [5.74, 6) is -0.672. The molecule has 3 rings (SSSR count). The molecule has 7 heteroatoms. The summed E-state index contributed by atoms with van der Waals surface area (Å²) in [6, 6.07) is 4.27. The summed E-state index contributed by atoms with van der Waals surface area (Å²) in [4.78, 5) is 14.3. The lowest BCUT2D eigenvalue weighted by atomic mass is 9.78. The van der Waals surface area contributed by atoms with Crippen molar-refractivity contribution >= 4 is 18.5 Å². The van der Waals surface area contributed by atoms with E-state index in [1.54, 1.807) is 11.0 Å². The van der Waals surface area contributed by atoms with Gasteiger partial charge in [-0.2, -0.15) is 0 Å². The minimum Gasteiger partial charge on any atom is -0.399 e. The largest absolute Gasteiger partial charge is 0.494 e. The summed E-state index contributed by atoms with van der Waals surface area (Å²) in [6.07, 6.45) is 0. The molecule has 5 nitrogen and oxygen atoms in total. The fourth-order valence-corrected chi connectivity index (χ4v) is 2.80. The van der Waals surface area contributed by atoms with Crippen LogP contribution in [0.3, 0.4) is 0 Å². The molecule has 0 aliphatic carbocycles. The van der Waals surface area contributed by atoms with Crippen LogP contribution in [0.15, 0.2) is 18.2 Å². The van der Waals surface area contributed by atoms with Crippen LogP contribution in [0.4, 0.5) is 4.39 Å². The van der Waals surface area contributed by atoms with Gasteiger partial charge >= 0.3 is 7.12 Å². The first-order chi connectivity index (χ1) is 11.2. The van der Waals surface area contributed by atoms with Gasteiger partial charge in [0.1, 0.15) is 5.82 Å². The van der Waals surface area contributed by atoms with Crippen LogP contribution >= 0.6 is 0 Å². The second-order valence-corrected chi connectivity index (χ2v) is 7.27. The normalized spacial score (nSPS) is 22.7. The minimum absolute atomic E-state index is 0.199. The Morgan fingerprint density at radius 1 is 1.08 bits per heavy atom. The Kier molecular flexibility index (Phi) is 4.44. The van der Waals surface area contributed by atoms with Crippen molar-refractivity contribution in [2.75, 3.05) is 26.3 Å². The standard InChI is InChI=1S/C17H23BFNO4/c1-16(2)17(3,4)24-18(23-16)13-9-12(10-14(19)11-13)15(21)20-5-7-22-8-6-20/h9-11H,5-8H2,1-4H3. The zero-order chi connectivity index (χ0) is 17.5. The van der Waals surface area contributed by atoms with E-state index in [9.17, 15) is 9.18 Å². The third kappa shape index (κ3) is 3.20. The monoisotopic (exact) mass is 335 g/mol. The van der Waals surface area contributed by atoms with Crippen LogP contribution in [0, 0.1) is 5.82 Å². The number of halogens is 1. The van der Waals surface area contributed by atoms with Gasteiger partial charge in [0, 0.05) is 18.7 Å². The van der Waals surface area contributed by atoms with Crippen molar-refractivity contribution in [2.45, 2.75) is 38.9 Å². The Bertz CT molecular complexity index is 627. The number of rotatable bonds is 2. The maximum atomic E-state index is 14.1. The fraction of sp³-hybridized carbons (Fsp3) is 0.588. The lowest BCUT2D eigenvalue weighted by Gasteiger charge is -2.32. The number of nitrogens with zero attached hydrogens (tertiary/aromatic N) is 1. The van der Waals surface area contributed by atoms with Crippen molar-refractivity contribution in [2.24, 2.45) is 0 Å². The molecular weight excluding hydrogens is 312 g/mol. The highest BCUT2D eigenvalue weighted by Crippen LogP contribution is 2.36. The molecule has 0 bridgehead atoms. The van der Waals surface area contributed by atoms with E-state index in [4.69, 9.17) is 14.0 Å². The van der Waals surface area contributed by atoms with Gasteiger partial charge in [0.05, 0.1) is 24.4 Å². The first kappa shape index (κ1) is 17.4. The second kappa shape index (κ2) is 6.13. The molecule has 130 valence electrons. The fourth-order valence-electron chi connectivity index (χ4n) is 2.80. The number of ether oxygens (including phenoxy) is 1. The molecule has 0 N–H and O–H groups in total. The van der Waals surface area contributed by atoms with E-state index in [1.807, 2.05) is 27.7 Å². The molecule has 2 saturated heterocycles. The van der Waals surface area contributed by atoms with Crippen molar-refractivity contribution in [1.82, 2.24) is 4.90 Å². The number of carbonyl (C=O) groups excluding carboxylic acids is 1. The summed E-state index contributed by atoms with van der Waals surface area (Å²) >= 11 is 0. The topological polar surface area (TPSA) is 48.0 Å². The summed E-state index contributed by atoms with van der Waals surface area (Å²) in [6.45, 7) is 9.79. The molecule has 2 heterocycles. The van der Waals surface area contributed by atoms with Crippen LogP contribution < -0.4 is 5.46 Å². The predicted octanol–water partition coefficient (Wildman–Crippen LogP) is 1.60. The van der Waals surface area contributed by atoms with Gasteiger partial charge in [-0.15, -0.1) is 0 Å². The molecule has 0 spiro atoms. The molecule has 1 amide bonds. The maximum Gasteiger partial charge on any atom is 0.494 e. The first-order valence-corrected chi connectivity index (χ1v) is 8.23. The van der Waals surface area contributed by atoms with E-state index in [2.05, 4.69) is 0 Å². The quantitative estimate of drug-likeness (QED) is 0.771. The molecule has 2 aliphatic rings. The first-order valence-electron chi connectivity index (χ1n) is 8.23. The number of amides is 1. The molecule has 2 fully saturated rings. The zero-order valence-electron chi connectivity index (χ0n) is 14.6. The highest BCUT2D eigenvalue weighted by molar-refractivity contribution is 6.62. The molecule has 0 radical (unpaired) electrons. The summed E-state index contributed by atoms with van der Waals surface area (Å²) in [5.41, 5.74) is -0.205. The lowest BCUT2D eigenvalue weighted by molar-refractivity contribution is 0.00578. The van der Waals surface area contributed by atoms with Crippen LogP contribution in [0.2, 0.25) is 0 Å². The third-order valence-corrected chi connectivity index (χ3v) is 4.99. The average Bonchev–Trinajstić information content (AvgIpc) is 2.75. The van der Waals surface area contributed by atoms with Crippen molar-refractivity contribution in [3.05, 3.63) is 29.6 Å². The van der Waals surface area contributed by atoms with Crippen LogP contribution in [-0.2, 0) is 14.0 Å². The molecular formula is C17H23BFNO4. The van der Waals surface area contributed by atoms with Gasteiger partial charge in [-0.1, -0.05) is 0 Å². The van der Waals surface area contributed by atoms with E-state index in [0.29, 0.717) is 37.3 Å². The highest BCUT2D eigenvalue weighted by Gasteiger charge is 2.51. The maximum absolute atomic E-state index is 14.1. The van der Waals surface area contributed by atoms with Gasteiger partial charge in [0.15, 0.2) is 0 Å². The molecule has 1 aromatic carbocycles. The third-order valence-electron chi connectivity index (χ3n) is 4.99. The predicted molar refractivity (Wildman–Crippen MR) is 88.8 cm³/mol. The lowest BCUT2D eigenvalue weighted by Crippen LogP contribution is -2.41. The average molecular weight is 335 g/mol. The number of hydrogen-bond acceptors (Lipinski definition) is 4.